The molecule has 5 rings (SSSR count). The van der Waals surface area contributed by atoms with Crippen LogP contribution in [0.2, 0.25) is 5.02 Å². The molecule has 0 unspecified atom stereocenters. The minimum atomic E-state index is -0.175. The number of hydrogen-bond donors (Lipinski definition) is 1. The van der Waals surface area contributed by atoms with E-state index < -0.39 is 0 Å². The first-order valence-electron chi connectivity index (χ1n) is 10.4. The topological polar surface area (TPSA) is 50.7 Å². The fraction of sp³-hybridized carbons (Fsp3) is 0.0370. The third kappa shape index (κ3) is 5.11. The van der Waals surface area contributed by atoms with Gasteiger partial charge >= 0.3 is 0 Å². The monoisotopic (exact) mass is 470 g/mol. The lowest BCUT2D eigenvalue weighted by molar-refractivity contribution is -0.115. The van der Waals surface area contributed by atoms with E-state index in [9.17, 15) is 4.79 Å². The van der Waals surface area contributed by atoms with Gasteiger partial charge in [-0.3, -0.25) is 4.79 Å². The van der Waals surface area contributed by atoms with Crippen molar-refractivity contribution in [3.05, 3.63) is 112 Å². The molecule has 1 amide bonds. The molecule has 4 nitrogen and oxygen atoms in total. The zero-order chi connectivity index (χ0) is 22.6. The number of fused-ring (bicyclic) bond motifs is 1. The van der Waals surface area contributed by atoms with Crippen molar-refractivity contribution in [2.75, 3.05) is 0 Å². The van der Waals surface area contributed by atoms with E-state index in [1.807, 2.05) is 97.1 Å². The molecular formula is C27H19ClN2O2S. The van der Waals surface area contributed by atoms with E-state index >= 15 is 0 Å². The maximum absolute atomic E-state index is 12.6. The van der Waals surface area contributed by atoms with Crippen LogP contribution in [0.15, 0.2) is 101 Å². The molecule has 0 bridgehead atoms. The van der Waals surface area contributed by atoms with Gasteiger partial charge in [-0.15, -0.1) is 0 Å². The number of carbonyl (C=O) groups is 1. The normalized spacial score (nSPS) is 15.8. The van der Waals surface area contributed by atoms with E-state index in [4.69, 9.17) is 16.3 Å². The van der Waals surface area contributed by atoms with Crippen LogP contribution in [-0.4, -0.2) is 11.1 Å². The highest BCUT2D eigenvalue weighted by molar-refractivity contribution is 8.18. The summed E-state index contributed by atoms with van der Waals surface area (Å²) in [5.41, 5.74) is 2.64. The molecule has 1 fully saturated rings. The van der Waals surface area contributed by atoms with Gasteiger partial charge in [-0.2, -0.15) is 0 Å². The summed E-state index contributed by atoms with van der Waals surface area (Å²) in [6.07, 6.45) is 1.86. The Morgan fingerprint density at radius 2 is 1.61 bits per heavy atom. The molecule has 33 heavy (non-hydrogen) atoms. The molecule has 162 valence electrons. The third-order valence-electron chi connectivity index (χ3n) is 5.11. The summed E-state index contributed by atoms with van der Waals surface area (Å²) < 4.78 is 6.18. The zero-order valence-corrected chi connectivity index (χ0v) is 19.1. The Bertz CT molecular complexity index is 1380. The van der Waals surface area contributed by atoms with Crippen molar-refractivity contribution in [2.24, 2.45) is 4.99 Å². The van der Waals surface area contributed by atoms with Crippen LogP contribution >= 0.6 is 23.4 Å². The van der Waals surface area contributed by atoms with Crippen LogP contribution in [-0.2, 0) is 11.4 Å². The minimum absolute atomic E-state index is 0.175. The molecule has 6 heteroatoms. The second-order valence-corrected chi connectivity index (χ2v) is 8.94. The van der Waals surface area contributed by atoms with Crippen molar-refractivity contribution in [3.8, 4) is 5.75 Å². The Balaban J connectivity index is 1.46. The van der Waals surface area contributed by atoms with Gasteiger partial charge in [-0.05, 0) is 70.6 Å². The summed E-state index contributed by atoms with van der Waals surface area (Å²) in [7, 11) is 0. The van der Waals surface area contributed by atoms with E-state index in [0.29, 0.717) is 27.5 Å². The maximum Gasteiger partial charge on any atom is 0.264 e. The van der Waals surface area contributed by atoms with Crippen LogP contribution in [0.3, 0.4) is 0 Å². The standard InChI is InChI=1S/C27H19ClN2O2S/c28-22-12-10-18(11-13-22)17-32-24-15-20-7-5-4-6-19(20)14-21(24)16-25-26(31)30-27(33-25)29-23-8-2-1-3-9-23/h1-16H,17H2,(H,29,30,31). The lowest BCUT2D eigenvalue weighted by Crippen LogP contribution is -2.19. The molecule has 4 aromatic carbocycles. The molecule has 1 aliphatic heterocycles. The summed E-state index contributed by atoms with van der Waals surface area (Å²) in [6, 6.07) is 29.2. The van der Waals surface area contributed by atoms with E-state index in [2.05, 4.69) is 10.3 Å². The van der Waals surface area contributed by atoms with Crippen LogP contribution in [0.4, 0.5) is 5.69 Å². The average molecular weight is 471 g/mol. The first-order valence-corrected chi connectivity index (χ1v) is 11.6. The van der Waals surface area contributed by atoms with Crippen LogP contribution in [0.5, 0.6) is 5.75 Å². The van der Waals surface area contributed by atoms with Crippen molar-refractivity contribution in [2.45, 2.75) is 6.61 Å². The number of amidine groups is 1. The summed E-state index contributed by atoms with van der Waals surface area (Å²) >= 11 is 7.31. The summed E-state index contributed by atoms with van der Waals surface area (Å²) in [5, 5.41) is 6.23. The smallest absolute Gasteiger partial charge is 0.264 e. The number of nitrogens with zero attached hydrogens (tertiary/aromatic N) is 1. The molecular weight excluding hydrogens is 452 g/mol. The van der Waals surface area contributed by atoms with Crippen LogP contribution in [0.25, 0.3) is 16.8 Å². The molecule has 0 atom stereocenters. The number of amides is 1. The van der Waals surface area contributed by atoms with Crippen LogP contribution < -0.4 is 10.1 Å². The maximum atomic E-state index is 12.6. The number of aliphatic imine (C=N–C) groups is 1. The number of thioether (sulfide) groups is 1. The number of nitrogens with one attached hydrogen (secondary N) is 1. The molecule has 0 radical (unpaired) electrons. The van der Waals surface area contributed by atoms with Gasteiger partial charge in [0.2, 0.25) is 0 Å². The summed E-state index contributed by atoms with van der Waals surface area (Å²) in [6.45, 7) is 0.395. The van der Waals surface area contributed by atoms with E-state index in [0.717, 1.165) is 27.6 Å². The Labute approximate surface area is 201 Å². The first-order chi connectivity index (χ1) is 16.1. The number of halogens is 1. The van der Waals surface area contributed by atoms with Crippen molar-refractivity contribution in [3.63, 3.8) is 0 Å². The van der Waals surface area contributed by atoms with Crippen molar-refractivity contribution in [1.29, 1.82) is 0 Å². The van der Waals surface area contributed by atoms with Crippen molar-refractivity contribution < 1.29 is 9.53 Å². The van der Waals surface area contributed by atoms with Crippen molar-refractivity contribution in [1.82, 2.24) is 5.32 Å². The Morgan fingerprint density at radius 3 is 2.36 bits per heavy atom. The molecule has 0 aromatic heterocycles. The van der Waals surface area contributed by atoms with Crippen molar-refractivity contribution >= 4 is 57.0 Å². The molecule has 1 N–H and O–H groups in total. The molecule has 0 saturated carbocycles. The van der Waals surface area contributed by atoms with Gasteiger partial charge in [-0.1, -0.05) is 66.2 Å². The van der Waals surface area contributed by atoms with Gasteiger partial charge < -0.3 is 10.1 Å². The third-order valence-corrected chi connectivity index (χ3v) is 6.27. The Morgan fingerprint density at radius 1 is 0.909 bits per heavy atom. The average Bonchev–Trinajstić information content (AvgIpc) is 3.17. The number of benzene rings is 4. The summed E-state index contributed by atoms with van der Waals surface area (Å²) in [4.78, 5) is 17.7. The molecule has 1 aliphatic rings. The van der Waals surface area contributed by atoms with Gasteiger partial charge in [0.25, 0.3) is 5.91 Å². The van der Waals surface area contributed by atoms with Gasteiger partial charge in [0.15, 0.2) is 5.17 Å². The quantitative estimate of drug-likeness (QED) is 0.320. The molecule has 1 heterocycles. The van der Waals surface area contributed by atoms with E-state index in [1.54, 1.807) is 0 Å². The van der Waals surface area contributed by atoms with Gasteiger partial charge in [0, 0.05) is 10.6 Å². The Hall–Kier alpha value is -3.54. The number of para-hydroxylation sites is 1. The number of rotatable bonds is 5. The van der Waals surface area contributed by atoms with Crippen LogP contribution in [0, 0.1) is 0 Å². The van der Waals surface area contributed by atoms with Gasteiger partial charge in [0.1, 0.15) is 12.4 Å². The number of carbonyl (C=O) groups excluding carboxylic acids is 1. The molecule has 1 saturated heterocycles. The highest BCUT2D eigenvalue weighted by Gasteiger charge is 2.24. The second-order valence-electron chi connectivity index (χ2n) is 7.47. The molecule has 4 aromatic rings. The zero-order valence-electron chi connectivity index (χ0n) is 17.5. The fourth-order valence-electron chi connectivity index (χ4n) is 3.46. The Kier molecular flexibility index (Phi) is 6.15. The lowest BCUT2D eigenvalue weighted by Gasteiger charge is -2.12. The summed E-state index contributed by atoms with van der Waals surface area (Å²) in [5.74, 6) is 0.532. The molecule has 0 spiro atoms. The lowest BCUT2D eigenvalue weighted by atomic mass is 10.1. The molecule has 0 aliphatic carbocycles. The highest BCUT2D eigenvalue weighted by Crippen LogP contribution is 2.33. The SMILES string of the molecule is O=C1NC(=Nc2ccccc2)SC1=Cc1cc2ccccc2cc1OCc1ccc(Cl)cc1. The van der Waals surface area contributed by atoms with Gasteiger partial charge in [-0.25, -0.2) is 4.99 Å². The number of hydrogen-bond acceptors (Lipinski definition) is 4. The number of ether oxygens (including phenoxy) is 1. The highest BCUT2D eigenvalue weighted by atomic mass is 35.5. The predicted octanol–water partition coefficient (Wildman–Crippen LogP) is 6.96. The minimum Gasteiger partial charge on any atom is -0.488 e. The fourth-order valence-corrected chi connectivity index (χ4v) is 4.42. The largest absolute Gasteiger partial charge is 0.488 e. The van der Waals surface area contributed by atoms with Gasteiger partial charge in [0.05, 0.1) is 10.6 Å². The first kappa shape index (κ1) is 21.3. The van der Waals surface area contributed by atoms with E-state index in [-0.39, 0.29) is 5.91 Å². The second kappa shape index (κ2) is 9.53. The van der Waals surface area contributed by atoms with E-state index in [1.165, 1.54) is 11.8 Å². The van der Waals surface area contributed by atoms with Crippen LogP contribution in [0.1, 0.15) is 11.1 Å². The predicted molar refractivity (Wildman–Crippen MR) is 137 cm³/mol.